The Morgan fingerprint density at radius 3 is 2.16 bits per heavy atom. The lowest BCUT2D eigenvalue weighted by molar-refractivity contribution is 0.133. The van der Waals surface area contributed by atoms with Gasteiger partial charge < -0.3 is 20.3 Å². The molecule has 0 atom stereocenters. The summed E-state index contributed by atoms with van der Waals surface area (Å²) < 4.78 is 5.86. The van der Waals surface area contributed by atoms with Crippen molar-refractivity contribution in [1.29, 1.82) is 0 Å². The largest absolute Gasteiger partial charge is 0.392 e. The Morgan fingerprint density at radius 2 is 1.35 bits per heavy atom. The number of nitrogens with one attached hydrogen (secondary N) is 1. The van der Waals surface area contributed by atoms with E-state index in [0.717, 1.165) is 55.7 Å². The second-order valence-corrected chi connectivity index (χ2v) is 7.96. The number of benzene rings is 3. The molecule has 4 heteroatoms. The van der Waals surface area contributed by atoms with Crippen LogP contribution in [0.25, 0.3) is 10.8 Å². The predicted molar refractivity (Wildman–Crippen MR) is 127 cm³/mol. The summed E-state index contributed by atoms with van der Waals surface area (Å²) in [6.07, 6.45) is 5.51. The number of aliphatic hydroxyl groups is 2. The Morgan fingerprint density at radius 1 is 0.677 bits per heavy atom. The van der Waals surface area contributed by atoms with Crippen molar-refractivity contribution >= 4 is 10.8 Å². The maximum Gasteiger partial charge on any atom is 0.0685 e. The SMILES string of the molecule is OCc1cccc(CO)c1CNCCCCCCOCCc1cccc2ccccc12. The average Bonchev–Trinajstić information content (AvgIpc) is 2.82. The monoisotopic (exact) mass is 421 g/mol. The van der Waals surface area contributed by atoms with Gasteiger partial charge >= 0.3 is 0 Å². The van der Waals surface area contributed by atoms with Crippen LogP contribution in [0.1, 0.15) is 47.9 Å². The molecule has 0 saturated heterocycles. The fourth-order valence-corrected chi connectivity index (χ4v) is 4.03. The molecule has 3 aromatic carbocycles. The molecule has 0 unspecified atom stereocenters. The van der Waals surface area contributed by atoms with E-state index in [1.807, 2.05) is 18.2 Å². The van der Waals surface area contributed by atoms with E-state index in [9.17, 15) is 10.2 Å². The van der Waals surface area contributed by atoms with E-state index < -0.39 is 0 Å². The summed E-state index contributed by atoms with van der Waals surface area (Å²) in [5.41, 5.74) is 4.16. The zero-order chi connectivity index (χ0) is 21.7. The zero-order valence-corrected chi connectivity index (χ0v) is 18.4. The first-order valence-electron chi connectivity index (χ1n) is 11.4. The zero-order valence-electron chi connectivity index (χ0n) is 18.4. The summed E-state index contributed by atoms with van der Waals surface area (Å²) in [4.78, 5) is 0. The first kappa shape index (κ1) is 23.4. The number of aliphatic hydroxyl groups excluding tert-OH is 2. The van der Waals surface area contributed by atoms with Gasteiger partial charge in [-0.05, 0) is 58.8 Å². The van der Waals surface area contributed by atoms with E-state index >= 15 is 0 Å². The third-order valence-corrected chi connectivity index (χ3v) is 5.80. The molecule has 0 bridgehead atoms. The van der Waals surface area contributed by atoms with Gasteiger partial charge in [-0.15, -0.1) is 0 Å². The van der Waals surface area contributed by atoms with Crippen LogP contribution in [0.15, 0.2) is 60.7 Å². The minimum Gasteiger partial charge on any atom is -0.392 e. The molecule has 0 amide bonds. The number of hydrogen-bond donors (Lipinski definition) is 3. The van der Waals surface area contributed by atoms with Crippen LogP contribution in [0, 0.1) is 0 Å². The van der Waals surface area contributed by atoms with Gasteiger partial charge in [-0.25, -0.2) is 0 Å². The van der Waals surface area contributed by atoms with Gasteiger partial charge in [0, 0.05) is 13.2 Å². The van der Waals surface area contributed by atoms with E-state index in [0.29, 0.717) is 6.54 Å². The molecule has 0 fully saturated rings. The van der Waals surface area contributed by atoms with Crippen molar-refractivity contribution in [3.8, 4) is 0 Å². The van der Waals surface area contributed by atoms with Gasteiger partial charge in [0.05, 0.1) is 19.8 Å². The minimum absolute atomic E-state index is 0.00531. The minimum atomic E-state index is 0.00531. The van der Waals surface area contributed by atoms with Crippen LogP contribution in [0.3, 0.4) is 0 Å². The lowest BCUT2D eigenvalue weighted by Crippen LogP contribution is -2.17. The van der Waals surface area contributed by atoms with E-state index in [2.05, 4.69) is 47.8 Å². The summed E-state index contributed by atoms with van der Waals surface area (Å²) >= 11 is 0. The van der Waals surface area contributed by atoms with Crippen LogP contribution < -0.4 is 5.32 Å². The molecule has 0 aliphatic carbocycles. The second-order valence-electron chi connectivity index (χ2n) is 7.96. The maximum atomic E-state index is 9.49. The molecule has 3 N–H and O–H groups in total. The van der Waals surface area contributed by atoms with Gasteiger partial charge in [-0.3, -0.25) is 0 Å². The molecular formula is C27H35NO3. The highest BCUT2D eigenvalue weighted by atomic mass is 16.5. The number of ether oxygens (including phenoxy) is 1. The smallest absolute Gasteiger partial charge is 0.0685 e. The summed E-state index contributed by atoms with van der Waals surface area (Å²) in [5, 5.41) is 25.0. The van der Waals surface area contributed by atoms with Crippen molar-refractivity contribution in [2.24, 2.45) is 0 Å². The molecule has 0 saturated carbocycles. The van der Waals surface area contributed by atoms with Gasteiger partial charge in [0.25, 0.3) is 0 Å². The van der Waals surface area contributed by atoms with Crippen molar-refractivity contribution in [2.75, 3.05) is 19.8 Å². The Kier molecular flexibility index (Phi) is 10.00. The number of rotatable bonds is 14. The number of fused-ring (bicyclic) bond motifs is 1. The van der Waals surface area contributed by atoms with Gasteiger partial charge in [0.15, 0.2) is 0 Å². The molecule has 3 aromatic rings. The molecule has 0 aliphatic heterocycles. The molecule has 0 aliphatic rings. The van der Waals surface area contributed by atoms with Crippen molar-refractivity contribution in [1.82, 2.24) is 5.32 Å². The Labute approximate surface area is 185 Å². The van der Waals surface area contributed by atoms with Crippen LogP contribution in [-0.2, 0) is 30.9 Å². The van der Waals surface area contributed by atoms with Crippen LogP contribution in [0.5, 0.6) is 0 Å². The summed E-state index contributed by atoms with van der Waals surface area (Å²) in [7, 11) is 0. The highest BCUT2D eigenvalue weighted by Crippen LogP contribution is 2.19. The van der Waals surface area contributed by atoms with Crippen molar-refractivity contribution in [3.63, 3.8) is 0 Å². The lowest BCUT2D eigenvalue weighted by atomic mass is 10.0. The first-order valence-corrected chi connectivity index (χ1v) is 11.4. The molecule has 3 rings (SSSR count). The Balaban J connectivity index is 1.23. The molecule has 31 heavy (non-hydrogen) atoms. The van der Waals surface area contributed by atoms with Crippen LogP contribution >= 0.6 is 0 Å². The highest BCUT2D eigenvalue weighted by molar-refractivity contribution is 5.85. The quantitative estimate of drug-likeness (QED) is 0.329. The standard InChI is InChI=1S/C27H35NO3/c29-20-24-12-8-13-25(21-30)27(24)19-28-16-5-1-2-6-17-31-18-15-23-11-7-10-22-9-3-4-14-26(22)23/h3-4,7-14,28-30H,1-2,5-6,15-21H2. The highest BCUT2D eigenvalue weighted by Gasteiger charge is 2.06. The molecule has 0 heterocycles. The van der Waals surface area contributed by atoms with Gasteiger partial charge in [-0.2, -0.15) is 0 Å². The third kappa shape index (κ3) is 7.15. The second kappa shape index (κ2) is 13.2. The Hall–Kier alpha value is -2.24. The molecule has 4 nitrogen and oxygen atoms in total. The first-order chi connectivity index (χ1) is 15.3. The van der Waals surface area contributed by atoms with E-state index in [4.69, 9.17) is 4.74 Å². The van der Waals surface area contributed by atoms with Crippen LogP contribution in [0.2, 0.25) is 0 Å². The van der Waals surface area contributed by atoms with E-state index in [1.165, 1.54) is 29.2 Å². The van der Waals surface area contributed by atoms with Crippen molar-refractivity contribution in [3.05, 3.63) is 82.9 Å². The van der Waals surface area contributed by atoms with Crippen molar-refractivity contribution < 1.29 is 14.9 Å². The predicted octanol–water partition coefficient (Wildman–Crippen LogP) is 4.73. The maximum absolute atomic E-state index is 9.49. The molecule has 0 spiro atoms. The fraction of sp³-hybridized carbons (Fsp3) is 0.407. The topological polar surface area (TPSA) is 61.7 Å². The third-order valence-electron chi connectivity index (χ3n) is 5.80. The number of unbranched alkanes of at least 4 members (excludes halogenated alkanes) is 3. The van der Waals surface area contributed by atoms with E-state index in [1.54, 1.807) is 0 Å². The summed E-state index contributed by atoms with van der Waals surface area (Å²) in [6.45, 7) is 3.22. The van der Waals surface area contributed by atoms with E-state index in [-0.39, 0.29) is 13.2 Å². The molecular weight excluding hydrogens is 386 g/mol. The molecule has 166 valence electrons. The Bertz CT molecular complexity index is 898. The molecule has 0 radical (unpaired) electrons. The number of hydrogen-bond acceptors (Lipinski definition) is 4. The normalized spacial score (nSPS) is 11.3. The van der Waals surface area contributed by atoms with Crippen LogP contribution in [-0.4, -0.2) is 30.0 Å². The fourth-order valence-electron chi connectivity index (χ4n) is 4.03. The van der Waals surface area contributed by atoms with Gasteiger partial charge in [-0.1, -0.05) is 73.5 Å². The average molecular weight is 422 g/mol. The molecule has 0 aromatic heterocycles. The summed E-state index contributed by atoms with van der Waals surface area (Å²) in [5.74, 6) is 0. The van der Waals surface area contributed by atoms with Gasteiger partial charge in [0.2, 0.25) is 0 Å². The van der Waals surface area contributed by atoms with Crippen LogP contribution in [0.4, 0.5) is 0 Å². The lowest BCUT2D eigenvalue weighted by Gasteiger charge is -2.13. The van der Waals surface area contributed by atoms with Gasteiger partial charge in [0.1, 0.15) is 0 Å². The summed E-state index contributed by atoms with van der Waals surface area (Å²) in [6, 6.07) is 20.7. The van der Waals surface area contributed by atoms with Crippen molar-refractivity contribution in [2.45, 2.75) is 51.9 Å².